The Labute approximate surface area is 127 Å². The summed E-state index contributed by atoms with van der Waals surface area (Å²) in [5.41, 5.74) is 2.81. The minimum atomic E-state index is 0.373. The van der Waals surface area contributed by atoms with Gasteiger partial charge in [-0.25, -0.2) is 4.98 Å². The zero-order chi connectivity index (χ0) is 14.8. The summed E-state index contributed by atoms with van der Waals surface area (Å²) in [5, 5.41) is 0.734. The zero-order valence-corrected chi connectivity index (χ0v) is 12.6. The lowest BCUT2D eigenvalue weighted by atomic mass is 10.2. The lowest BCUT2D eigenvalue weighted by molar-refractivity contribution is 0.297. The van der Waals surface area contributed by atoms with E-state index >= 15 is 0 Å². The van der Waals surface area contributed by atoms with Crippen molar-refractivity contribution in [3.05, 3.63) is 52.8 Å². The van der Waals surface area contributed by atoms with Gasteiger partial charge in [0.05, 0.1) is 18.1 Å². The van der Waals surface area contributed by atoms with Gasteiger partial charge in [0.1, 0.15) is 23.9 Å². The number of aromatic nitrogens is 2. The Morgan fingerprint density at radius 2 is 1.95 bits per heavy atom. The molecule has 0 atom stereocenters. The molecule has 0 amide bonds. The van der Waals surface area contributed by atoms with Crippen molar-refractivity contribution < 1.29 is 9.47 Å². The van der Waals surface area contributed by atoms with Crippen molar-refractivity contribution >= 4 is 22.6 Å². The molecule has 0 aliphatic heterocycles. The summed E-state index contributed by atoms with van der Waals surface area (Å²) >= 11 is 5.99. The highest BCUT2D eigenvalue weighted by Gasteiger charge is 2.05. The van der Waals surface area contributed by atoms with E-state index in [1.54, 1.807) is 7.11 Å². The van der Waals surface area contributed by atoms with Crippen LogP contribution in [0.1, 0.15) is 11.4 Å². The van der Waals surface area contributed by atoms with E-state index in [0.29, 0.717) is 6.61 Å². The van der Waals surface area contributed by atoms with Crippen LogP contribution >= 0.6 is 11.6 Å². The molecule has 0 spiro atoms. The Bertz CT molecular complexity index is 783. The van der Waals surface area contributed by atoms with Gasteiger partial charge in [-0.3, -0.25) is 0 Å². The lowest BCUT2D eigenvalue weighted by Crippen LogP contribution is -1.97. The maximum Gasteiger partial charge on any atom is 0.146 e. The highest BCUT2D eigenvalue weighted by atomic mass is 35.5. The number of hydrogen-bond acceptors (Lipinski definition) is 3. The van der Waals surface area contributed by atoms with Gasteiger partial charge in [0.2, 0.25) is 0 Å². The minimum Gasteiger partial charge on any atom is -0.497 e. The monoisotopic (exact) mass is 302 g/mol. The highest BCUT2D eigenvalue weighted by Crippen LogP contribution is 2.22. The molecule has 0 fully saturated rings. The second-order valence-corrected chi connectivity index (χ2v) is 5.17. The van der Waals surface area contributed by atoms with E-state index in [1.165, 1.54) is 0 Å². The Kier molecular flexibility index (Phi) is 3.71. The Hall–Kier alpha value is -2.20. The molecule has 0 radical (unpaired) electrons. The molecule has 0 unspecified atom stereocenters. The van der Waals surface area contributed by atoms with Gasteiger partial charge < -0.3 is 14.5 Å². The van der Waals surface area contributed by atoms with Gasteiger partial charge in [-0.15, -0.1) is 0 Å². The molecule has 1 aromatic heterocycles. The molecule has 1 N–H and O–H groups in total. The fourth-order valence-corrected chi connectivity index (χ4v) is 2.21. The number of methoxy groups -OCH3 is 1. The predicted octanol–water partition coefficient (Wildman–Crippen LogP) is 4.11. The third kappa shape index (κ3) is 2.95. The molecule has 3 rings (SSSR count). The molecule has 5 heteroatoms. The number of aromatic amines is 1. The lowest BCUT2D eigenvalue weighted by Gasteiger charge is -2.05. The summed E-state index contributed by atoms with van der Waals surface area (Å²) in [6.07, 6.45) is 0. The van der Waals surface area contributed by atoms with Gasteiger partial charge in [0.25, 0.3) is 0 Å². The summed E-state index contributed by atoms with van der Waals surface area (Å²) in [5.74, 6) is 2.34. The molecule has 2 aromatic carbocycles. The second kappa shape index (κ2) is 5.66. The predicted molar refractivity (Wildman–Crippen MR) is 83.2 cm³/mol. The molecule has 21 heavy (non-hydrogen) atoms. The van der Waals surface area contributed by atoms with Crippen LogP contribution in [0.2, 0.25) is 5.02 Å². The summed E-state index contributed by atoms with van der Waals surface area (Å²) in [4.78, 5) is 7.71. The zero-order valence-electron chi connectivity index (χ0n) is 11.8. The number of fused-ring (bicyclic) bond motifs is 1. The van der Waals surface area contributed by atoms with E-state index in [4.69, 9.17) is 21.1 Å². The van der Waals surface area contributed by atoms with E-state index in [1.807, 2.05) is 43.3 Å². The van der Waals surface area contributed by atoms with E-state index in [0.717, 1.165) is 38.9 Å². The molecule has 4 nitrogen and oxygen atoms in total. The quantitative estimate of drug-likeness (QED) is 0.789. The molecular weight excluding hydrogens is 288 g/mol. The van der Waals surface area contributed by atoms with Crippen LogP contribution in [0.15, 0.2) is 36.4 Å². The molecule has 0 saturated heterocycles. The van der Waals surface area contributed by atoms with Gasteiger partial charge in [0, 0.05) is 11.1 Å². The Morgan fingerprint density at radius 3 is 2.71 bits per heavy atom. The molecule has 108 valence electrons. The number of halogens is 1. The van der Waals surface area contributed by atoms with Crippen LogP contribution in [0.5, 0.6) is 11.5 Å². The van der Waals surface area contributed by atoms with E-state index in [9.17, 15) is 0 Å². The first kappa shape index (κ1) is 13.8. The van der Waals surface area contributed by atoms with Crippen LogP contribution in [-0.2, 0) is 6.61 Å². The summed E-state index contributed by atoms with van der Waals surface area (Å²) in [6, 6.07) is 11.3. The molecule has 0 bridgehead atoms. The van der Waals surface area contributed by atoms with Crippen molar-refractivity contribution in [1.82, 2.24) is 9.97 Å². The molecular formula is C16H15ClN2O2. The largest absolute Gasteiger partial charge is 0.497 e. The van der Waals surface area contributed by atoms with Crippen LogP contribution < -0.4 is 9.47 Å². The smallest absolute Gasteiger partial charge is 0.146 e. The van der Waals surface area contributed by atoms with Crippen LogP contribution in [0.25, 0.3) is 11.0 Å². The van der Waals surface area contributed by atoms with Crippen molar-refractivity contribution in [2.75, 3.05) is 7.11 Å². The first-order chi connectivity index (χ1) is 10.2. The Morgan fingerprint density at radius 1 is 1.14 bits per heavy atom. The summed E-state index contributed by atoms with van der Waals surface area (Å²) in [7, 11) is 1.64. The van der Waals surface area contributed by atoms with Gasteiger partial charge in [-0.1, -0.05) is 11.6 Å². The first-order valence-electron chi connectivity index (χ1n) is 6.57. The standard InChI is InChI=1S/C16H15ClN2O2/c1-10-7-12(3-5-13(10)17)21-9-16-18-14-6-4-11(20-2)8-15(14)19-16/h3-8H,9H2,1-2H3,(H,18,19). The van der Waals surface area contributed by atoms with Crippen LogP contribution in [0, 0.1) is 6.92 Å². The third-order valence-electron chi connectivity index (χ3n) is 3.24. The van der Waals surface area contributed by atoms with Gasteiger partial charge in [-0.2, -0.15) is 0 Å². The molecule has 3 aromatic rings. The van der Waals surface area contributed by atoms with Gasteiger partial charge in [-0.05, 0) is 42.8 Å². The average Bonchev–Trinajstić information content (AvgIpc) is 2.90. The van der Waals surface area contributed by atoms with Crippen molar-refractivity contribution in [2.45, 2.75) is 13.5 Å². The molecule has 0 saturated carbocycles. The SMILES string of the molecule is COc1ccc2nc(COc3ccc(Cl)c(C)c3)[nH]c2c1. The number of aryl methyl sites for hydroxylation is 1. The number of nitrogens with zero attached hydrogens (tertiary/aromatic N) is 1. The molecule has 1 heterocycles. The maximum absolute atomic E-state index is 5.99. The fraction of sp³-hybridized carbons (Fsp3) is 0.188. The summed E-state index contributed by atoms with van der Waals surface area (Å²) in [6.45, 7) is 2.32. The number of benzene rings is 2. The molecule has 0 aliphatic carbocycles. The van der Waals surface area contributed by atoms with Gasteiger partial charge in [0.15, 0.2) is 0 Å². The topological polar surface area (TPSA) is 47.1 Å². The van der Waals surface area contributed by atoms with Crippen LogP contribution in [-0.4, -0.2) is 17.1 Å². The van der Waals surface area contributed by atoms with Crippen molar-refractivity contribution in [2.24, 2.45) is 0 Å². The number of nitrogens with one attached hydrogen (secondary N) is 1. The highest BCUT2D eigenvalue weighted by molar-refractivity contribution is 6.31. The van der Waals surface area contributed by atoms with Crippen LogP contribution in [0.4, 0.5) is 0 Å². The number of ether oxygens (including phenoxy) is 2. The van der Waals surface area contributed by atoms with Crippen molar-refractivity contribution in [3.63, 3.8) is 0 Å². The number of H-pyrrole nitrogens is 1. The van der Waals surface area contributed by atoms with Gasteiger partial charge >= 0.3 is 0 Å². The van der Waals surface area contributed by atoms with Crippen molar-refractivity contribution in [1.29, 1.82) is 0 Å². The minimum absolute atomic E-state index is 0.373. The first-order valence-corrected chi connectivity index (χ1v) is 6.95. The Balaban J connectivity index is 1.76. The van der Waals surface area contributed by atoms with E-state index < -0.39 is 0 Å². The van der Waals surface area contributed by atoms with Crippen LogP contribution in [0.3, 0.4) is 0 Å². The fourth-order valence-electron chi connectivity index (χ4n) is 2.10. The molecule has 0 aliphatic rings. The maximum atomic E-state index is 5.99. The number of imidazole rings is 1. The second-order valence-electron chi connectivity index (χ2n) is 4.77. The number of rotatable bonds is 4. The number of hydrogen-bond donors (Lipinski definition) is 1. The third-order valence-corrected chi connectivity index (χ3v) is 3.67. The summed E-state index contributed by atoms with van der Waals surface area (Å²) < 4.78 is 10.9. The average molecular weight is 303 g/mol. The van der Waals surface area contributed by atoms with Crippen molar-refractivity contribution in [3.8, 4) is 11.5 Å². The van der Waals surface area contributed by atoms with E-state index in [2.05, 4.69) is 9.97 Å². The normalized spacial score (nSPS) is 10.8. The van der Waals surface area contributed by atoms with E-state index in [-0.39, 0.29) is 0 Å².